The second-order valence-electron chi connectivity index (χ2n) is 5.19. The number of hydrogen-bond donors (Lipinski definition) is 1. The number of thioether (sulfide) groups is 1. The number of furan rings is 1. The molecule has 0 fully saturated rings. The smallest absolute Gasteiger partial charge is 0.231 e. The van der Waals surface area contributed by atoms with E-state index in [0.29, 0.717) is 22.0 Å². The molecular weight excluding hydrogens is 463 g/mol. The first-order valence-corrected chi connectivity index (χ1v) is 9.86. The Kier molecular flexibility index (Phi) is 5.90. The van der Waals surface area contributed by atoms with Crippen LogP contribution in [0.15, 0.2) is 52.1 Å². The molecule has 0 atom stereocenters. The lowest BCUT2D eigenvalue weighted by molar-refractivity contribution is -0.115. The number of nitriles is 1. The van der Waals surface area contributed by atoms with Crippen molar-refractivity contribution in [2.75, 3.05) is 11.6 Å². The van der Waals surface area contributed by atoms with Crippen LogP contribution in [0.4, 0.5) is 5.95 Å². The maximum atomic E-state index is 12.4. The third-order valence-corrected chi connectivity index (χ3v) is 5.23. The first-order chi connectivity index (χ1) is 12.6. The van der Waals surface area contributed by atoms with Crippen molar-refractivity contribution < 1.29 is 9.21 Å². The number of amides is 1. The van der Waals surface area contributed by atoms with Crippen molar-refractivity contribution in [1.29, 1.82) is 5.26 Å². The van der Waals surface area contributed by atoms with E-state index in [0.717, 1.165) is 9.13 Å². The first-order valence-electron chi connectivity index (χ1n) is 7.55. The summed E-state index contributed by atoms with van der Waals surface area (Å²) in [4.78, 5) is 21.0. The number of nitrogens with zero attached hydrogens (tertiary/aromatic N) is 3. The Morgan fingerprint density at radius 2 is 2.12 bits per heavy atom. The van der Waals surface area contributed by atoms with Gasteiger partial charge in [-0.05, 0) is 52.6 Å². The van der Waals surface area contributed by atoms with Crippen LogP contribution in [0.5, 0.6) is 0 Å². The number of carbonyl (C=O) groups is 1. The molecule has 2 heterocycles. The largest absolute Gasteiger partial charge is 0.463 e. The summed E-state index contributed by atoms with van der Waals surface area (Å²) in [6.07, 6.45) is 3.53. The van der Waals surface area contributed by atoms with Crippen molar-refractivity contribution in [2.24, 2.45) is 0 Å². The zero-order valence-electron chi connectivity index (χ0n) is 13.7. The summed E-state index contributed by atoms with van der Waals surface area (Å²) in [6.45, 7) is 0. The Hall–Kier alpha value is -2.38. The first kappa shape index (κ1) is 18.4. The average molecular weight is 476 g/mol. The number of anilines is 1. The molecule has 6 nitrogen and oxygen atoms in total. The van der Waals surface area contributed by atoms with E-state index in [9.17, 15) is 10.1 Å². The fourth-order valence-electron chi connectivity index (χ4n) is 2.32. The fourth-order valence-corrected chi connectivity index (χ4v) is 3.42. The lowest BCUT2D eigenvalue weighted by atomic mass is 10.1. The van der Waals surface area contributed by atoms with Crippen LogP contribution in [0.3, 0.4) is 0 Å². The zero-order chi connectivity index (χ0) is 18.5. The van der Waals surface area contributed by atoms with E-state index in [4.69, 9.17) is 4.42 Å². The topological polar surface area (TPSA) is 91.8 Å². The van der Waals surface area contributed by atoms with Crippen LogP contribution in [-0.2, 0) is 11.2 Å². The predicted molar refractivity (Wildman–Crippen MR) is 108 cm³/mol. The molecule has 0 saturated carbocycles. The Morgan fingerprint density at radius 1 is 1.31 bits per heavy atom. The third kappa shape index (κ3) is 4.05. The van der Waals surface area contributed by atoms with Crippen LogP contribution in [0.2, 0.25) is 0 Å². The van der Waals surface area contributed by atoms with Gasteiger partial charge in [-0.3, -0.25) is 10.1 Å². The van der Waals surface area contributed by atoms with E-state index in [2.05, 4.69) is 43.9 Å². The Bertz CT molecular complexity index is 983. The highest BCUT2D eigenvalue weighted by molar-refractivity contribution is 14.1. The Balaban J connectivity index is 1.91. The van der Waals surface area contributed by atoms with Crippen molar-refractivity contribution in [3.8, 4) is 17.5 Å². The van der Waals surface area contributed by atoms with Gasteiger partial charge in [0.1, 0.15) is 22.4 Å². The minimum Gasteiger partial charge on any atom is -0.463 e. The molecule has 3 rings (SSSR count). The van der Waals surface area contributed by atoms with Gasteiger partial charge in [-0.15, -0.1) is 11.8 Å². The molecule has 1 aromatic carbocycles. The molecular formula is C18H13IN4O2S. The highest BCUT2D eigenvalue weighted by Crippen LogP contribution is 2.29. The summed E-state index contributed by atoms with van der Waals surface area (Å²) in [6, 6.07) is 13.2. The van der Waals surface area contributed by atoms with Gasteiger partial charge in [0.15, 0.2) is 5.76 Å². The highest BCUT2D eigenvalue weighted by Gasteiger charge is 2.18. The molecule has 0 spiro atoms. The summed E-state index contributed by atoms with van der Waals surface area (Å²) in [7, 11) is 0. The molecule has 1 N–H and O–H groups in total. The maximum Gasteiger partial charge on any atom is 0.231 e. The minimum atomic E-state index is -0.226. The lowest BCUT2D eigenvalue weighted by Crippen LogP contribution is -2.17. The van der Waals surface area contributed by atoms with Crippen molar-refractivity contribution in [1.82, 2.24) is 9.97 Å². The van der Waals surface area contributed by atoms with E-state index >= 15 is 0 Å². The van der Waals surface area contributed by atoms with Gasteiger partial charge >= 0.3 is 0 Å². The monoisotopic (exact) mass is 476 g/mol. The van der Waals surface area contributed by atoms with Gasteiger partial charge in [0.05, 0.1) is 12.7 Å². The second-order valence-corrected chi connectivity index (χ2v) is 7.14. The molecule has 0 unspecified atom stereocenters. The number of rotatable bonds is 5. The van der Waals surface area contributed by atoms with Gasteiger partial charge < -0.3 is 4.42 Å². The Morgan fingerprint density at radius 3 is 2.77 bits per heavy atom. The summed E-state index contributed by atoms with van der Waals surface area (Å²) in [5.74, 6) is 0.374. The molecule has 0 aliphatic rings. The van der Waals surface area contributed by atoms with Crippen LogP contribution in [0.25, 0.3) is 11.5 Å². The molecule has 0 radical (unpaired) electrons. The quantitative estimate of drug-likeness (QED) is 0.339. The zero-order valence-corrected chi connectivity index (χ0v) is 16.7. The number of hydrogen-bond acceptors (Lipinski definition) is 6. The number of halogens is 1. The molecule has 0 aliphatic carbocycles. The number of nitrogens with one attached hydrogen (secondary N) is 1. The standard InChI is InChI=1S/C18H13IN4O2S/c1-26-17-12(10-20)16(14-7-4-8-25-14)22-18(23-17)21-15(24)9-11-5-2-3-6-13(11)19/h2-8H,9H2,1H3,(H,21,22,23,24). The maximum absolute atomic E-state index is 12.4. The Labute approximate surface area is 168 Å². The number of carbonyl (C=O) groups excluding carboxylic acids is 1. The molecule has 1 amide bonds. The predicted octanol–water partition coefficient (Wildman–Crippen LogP) is 4.12. The molecule has 2 aromatic heterocycles. The van der Waals surface area contributed by atoms with Crippen LogP contribution in [0.1, 0.15) is 11.1 Å². The van der Waals surface area contributed by atoms with E-state index in [1.807, 2.05) is 30.5 Å². The molecule has 0 aliphatic heterocycles. The van der Waals surface area contributed by atoms with Crippen LogP contribution >= 0.6 is 34.4 Å². The van der Waals surface area contributed by atoms with Crippen molar-refractivity contribution in [3.05, 3.63) is 57.4 Å². The van der Waals surface area contributed by atoms with Crippen LogP contribution in [-0.4, -0.2) is 22.1 Å². The van der Waals surface area contributed by atoms with Gasteiger partial charge in [0.2, 0.25) is 11.9 Å². The summed E-state index contributed by atoms with van der Waals surface area (Å²) in [5, 5.41) is 12.7. The lowest BCUT2D eigenvalue weighted by Gasteiger charge is -2.10. The molecule has 0 saturated heterocycles. The number of benzene rings is 1. The summed E-state index contributed by atoms with van der Waals surface area (Å²) >= 11 is 3.51. The third-order valence-electron chi connectivity index (χ3n) is 3.50. The summed E-state index contributed by atoms with van der Waals surface area (Å²) in [5.41, 5.74) is 1.61. The van der Waals surface area contributed by atoms with Gasteiger partial charge in [0, 0.05) is 3.57 Å². The van der Waals surface area contributed by atoms with Crippen LogP contribution < -0.4 is 5.32 Å². The van der Waals surface area contributed by atoms with E-state index in [1.165, 1.54) is 18.0 Å². The van der Waals surface area contributed by atoms with Gasteiger partial charge in [-0.25, -0.2) is 9.97 Å². The normalized spacial score (nSPS) is 10.3. The summed E-state index contributed by atoms with van der Waals surface area (Å²) < 4.78 is 6.38. The number of aromatic nitrogens is 2. The van der Waals surface area contributed by atoms with Crippen molar-refractivity contribution in [3.63, 3.8) is 0 Å². The molecule has 26 heavy (non-hydrogen) atoms. The SMILES string of the molecule is CSc1nc(NC(=O)Cc2ccccc2I)nc(-c2ccco2)c1C#N. The van der Waals surface area contributed by atoms with Crippen molar-refractivity contribution in [2.45, 2.75) is 11.4 Å². The highest BCUT2D eigenvalue weighted by atomic mass is 127. The van der Waals surface area contributed by atoms with Gasteiger partial charge in [0.25, 0.3) is 0 Å². The molecule has 0 bridgehead atoms. The second kappa shape index (κ2) is 8.33. The van der Waals surface area contributed by atoms with Crippen LogP contribution in [0, 0.1) is 14.9 Å². The molecule has 8 heteroatoms. The van der Waals surface area contributed by atoms with E-state index < -0.39 is 0 Å². The van der Waals surface area contributed by atoms with Gasteiger partial charge in [-0.1, -0.05) is 18.2 Å². The fraction of sp³-hybridized carbons (Fsp3) is 0.111. The van der Waals surface area contributed by atoms with Gasteiger partial charge in [-0.2, -0.15) is 5.26 Å². The average Bonchev–Trinajstić information content (AvgIpc) is 3.17. The van der Waals surface area contributed by atoms with Crippen molar-refractivity contribution >= 4 is 46.2 Å². The van der Waals surface area contributed by atoms with E-state index in [1.54, 1.807) is 12.1 Å². The van der Waals surface area contributed by atoms with E-state index in [-0.39, 0.29) is 18.3 Å². The molecule has 130 valence electrons. The minimum absolute atomic E-state index is 0.149. The molecule has 3 aromatic rings.